The Kier molecular flexibility index (Phi) is 4.17. The van der Waals surface area contributed by atoms with Crippen LogP contribution in [0.1, 0.15) is 5.56 Å². The standard InChI is InChI=1S/C13H9ClN2O4/c14-10-2-1-3-11(7-10)20-13-5-4-9(8-15-17)6-12(13)16(18)19/h1-8,17H/b15-8+. The fourth-order valence-electron chi connectivity index (χ4n) is 1.57. The van der Waals surface area contributed by atoms with Crippen molar-refractivity contribution < 1.29 is 14.9 Å². The van der Waals surface area contributed by atoms with Gasteiger partial charge in [0.1, 0.15) is 5.75 Å². The first-order chi connectivity index (χ1) is 9.60. The van der Waals surface area contributed by atoms with Gasteiger partial charge in [0.05, 0.1) is 11.1 Å². The van der Waals surface area contributed by atoms with Crippen LogP contribution < -0.4 is 4.74 Å². The lowest BCUT2D eigenvalue weighted by Crippen LogP contribution is -1.95. The largest absolute Gasteiger partial charge is 0.450 e. The Hall–Kier alpha value is -2.60. The van der Waals surface area contributed by atoms with E-state index in [4.69, 9.17) is 21.5 Å². The van der Waals surface area contributed by atoms with Crippen LogP contribution in [-0.4, -0.2) is 16.3 Å². The van der Waals surface area contributed by atoms with E-state index in [9.17, 15) is 10.1 Å². The molecule has 0 atom stereocenters. The predicted octanol–water partition coefficient (Wildman–Crippen LogP) is 3.85. The highest BCUT2D eigenvalue weighted by Gasteiger charge is 2.16. The summed E-state index contributed by atoms with van der Waals surface area (Å²) in [5.41, 5.74) is 0.153. The summed E-state index contributed by atoms with van der Waals surface area (Å²) in [7, 11) is 0. The molecule has 0 saturated heterocycles. The molecule has 1 N–H and O–H groups in total. The third kappa shape index (κ3) is 3.24. The molecule has 0 aromatic heterocycles. The van der Waals surface area contributed by atoms with Crippen molar-refractivity contribution in [2.75, 3.05) is 0 Å². The van der Waals surface area contributed by atoms with E-state index in [1.165, 1.54) is 18.2 Å². The van der Waals surface area contributed by atoms with E-state index in [-0.39, 0.29) is 11.4 Å². The molecule has 6 nitrogen and oxygen atoms in total. The molecule has 0 radical (unpaired) electrons. The van der Waals surface area contributed by atoms with E-state index in [1.807, 2.05) is 0 Å². The van der Waals surface area contributed by atoms with Gasteiger partial charge in [0, 0.05) is 16.7 Å². The zero-order chi connectivity index (χ0) is 14.5. The Morgan fingerprint density at radius 1 is 1.30 bits per heavy atom. The molecule has 0 aliphatic heterocycles. The zero-order valence-electron chi connectivity index (χ0n) is 10.1. The summed E-state index contributed by atoms with van der Waals surface area (Å²) in [4.78, 5) is 10.5. The molecule has 2 aromatic rings. The van der Waals surface area contributed by atoms with Crippen molar-refractivity contribution in [3.63, 3.8) is 0 Å². The van der Waals surface area contributed by atoms with Crippen molar-refractivity contribution in [3.05, 3.63) is 63.2 Å². The predicted molar refractivity (Wildman–Crippen MR) is 74.0 cm³/mol. The molecule has 0 bridgehead atoms. The minimum atomic E-state index is -0.575. The highest BCUT2D eigenvalue weighted by molar-refractivity contribution is 6.30. The molecule has 7 heteroatoms. The number of rotatable bonds is 4. The van der Waals surface area contributed by atoms with E-state index in [0.29, 0.717) is 16.3 Å². The average molecular weight is 293 g/mol. The highest BCUT2D eigenvalue weighted by Crippen LogP contribution is 2.32. The summed E-state index contributed by atoms with van der Waals surface area (Å²) in [6, 6.07) is 10.7. The van der Waals surface area contributed by atoms with Crippen LogP contribution in [0.25, 0.3) is 0 Å². The summed E-state index contributed by atoms with van der Waals surface area (Å²) >= 11 is 5.82. The van der Waals surface area contributed by atoms with Gasteiger partial charge in [0.25, 0.3) is 0 Å². The van der Waals surface area contributed by atoms with E-state index >= 15 is 0 Å². The maximum atomic E-state index is 11.0. The van der Waals surface area contributed by atoms with Crippen molar-refractivity contribution in [2.24, 2.45) is 5.16 Å². The van der Waals surface area contributed by atoms with Crippen molar-refractivity contribution in [3.8, 4) is 11.5 Å². The average Bonchev–Trinajstić information content (AvgIpc) is 2.40. The van der Waals surface area contributed by atoms with Crippen LogP contribution in [0, 0.1) is 10.1 Å². The van der Waals surface area contributed by atoms with Crippen LogP contribution >= 0.6 is 11.6 Å². The molecule has 0 fully saturated rings. The van der Waals surface area contributed by atoms with E-state index < -0.39 is 4.92 Å². The number of benzene rings is 2. The normalized spacial score (nSPS) is 10.7. The maximum Gasteiger partial charge on any atom is 0.312 e. The molecule has 0 unspecified atom stereocenters. The van der Waals surface area contributed by atoms with Gasteiger partial charge < -0.3 is 9.94 Å². The van der Waals surface area contributed by atoms with Crippen LogP contribution in [0.2, 0.25) is 5.02 Å². The first kappa shape index (κ1) is 13.8. The molecular weight excluding hydrogens is 284 g/mol. The molecule has 0 aliphatic rings. The highest BCUT2D eigenvalue weighted by atomic mass is 35.5. The van der Waals surface area contributed by atoms with Gasteiger partial charge >= 0.3 is 5.69 Å². The molecule has 2 aromatic carbocycles. The minimum Gasteiger partial charge on any atom is -0.450 e. The maximum absolute atomic E-state index is 11.0. The lowest BCUT2D eigenvalue weighted by atomic mass is 10.2. The summed E-state index contributed by atoms with van der Waals surface area (Å²) in [5, 5.41) is 22.8. The second-order valence-corrected chi connectivity index (χ2v) is 4.22. The second-order valence-electron chi connectivity index (χ2n) is 3.79. The Morgan fingerprint density at radius 2 is 2.10 bits per heavy atom. The van der Waals surface area contributed by atoms with Gasteiger partial charge in [0.2, 0.25) is 5.75 Å². The fourth-order valence-corrected chi connectivity index (χ4v) is 1.75. The zero-order valence-corrected chi connectivity index (χ0v) is 10.8. The number of oxime groups is 1. The smallest absolute Gasteiger partial charge is 0.312 e. The number of nitro groups is 1. The number of ether oxygens (including phenoxy) is 1. The van der Waals surface area contributed by atoms with E-state index in [0.717, 1.165) is 6.21 Å². The van der Waals surface area contributed by atoms with Crippen molar-refractivity contribution >= 4 is 23.5 Å². The Bertz CT molecular complexity index is 673. The second kappa shape index (κ2) is 6.03. The number of hydrogen-bond donors (Lipinski definition) is 1. The first-order valence-electron chi connectivity index (χ1n) is 5.49. The lowest BCUT2D eigenvalue weighted by molar-refractivity contribution is -0.385. The van der Waals surface area contributed by atoms with Crippen LogP contribution in [-0.2, 0) is 0 Å². The molecule has 0 saturated carbocycles. The number of nitro benzene ring substituents is 1. The van der Waals surface area contributed by atoms with Crippen molar-refractivity contribution in [1.82, 2.24) is 0 Å². The Morgan fingerprint density at radius 3 is 2.75 bits per heavy atom. The van der Waals surface area contributed by atoms with E-state index in [2.05, 4.69) is 5.16 Å². The summed E-state index contributed by atoms with van der Waals surface area (Å²) in [6.45, 7) is 0. The van der Waals surface area contributed by atoms with Crippen LogP contribution in [0.3, 0.4) is 0 Å². The number of halogens is 1. The molecular formula is C13H9ClN2O4. The lowest BCUT2D eigenvalue weighted by Gasteiger charge is -2.07. The summed E-state index contributed by atoms with van der Waals surface area (Å²) in [5.74, 6) is 0.469. The van der Waals surface area contributed by atoms with Gasteiger partial charge in [-0.15, -0.1) is 0 Å². The monoisotopic (exact) mass is 292 g/mol. The molecule has 102 valence electrons. The quantitative estimate of drug-likeness (QED) is 0.401. The summed E-state index contributed by atoms with van der Waals surface area (Å²) in [6.07, 6.45) is 1.09. The van der Waals surface area contributed by atoms with E-state index in [1.54, 1.807) is 24.3 Å². The van der Waals surface area contributed by atoms with Crippen molar-refractivity contribution in [1.29, 1.82) is 0 Å². The molecule has 0 heterocycles. The van der Waals surface area contributed by atoms with Gasteiger partial charge in [-0.05, 0) is 30.3 Å². The molecule has 20 heavy (non-hydrogen) atoms. The Labute approximate surface area is 119 Å². The van der Waals surface area contributed by atoms with Gasteiger partial charge in [-0.1, -0.05) is 22.8 Å². The van der Waals surface area contributed by atoms with Gasteiger partial charge in [-0.2, -0.15) is 0 Å². The summed E-state index contributed by atoms with van der Waals surface area (Å²) < 4.78 is 5.45. The fraction of sp³-hybridized carbons (Fsp3) is 0. The molecule has 0 spiro atoms. The molecule has 0 aliphatic carbocycles. The number of hydrogen-bond acceptors (Lipinski definition) is 5. The minimum absolute atomic E-state index is 0.0763. The topological polar surface area (TPSA) is 85.0 Å². The van der Waals surface area contributed by atoms with Crippen molar-refractivity contribution in [2.45, 2.75) is 0 Å². The third-order valence-corrected chi connectivity index (χ3v) is 2.65. The Balaban J connectivity index is 2.38. The van der Waals surface area contributed by atoms with Gasteiger partial charge in [-0.25, -0.2) is 0 Å². The first-order valence-corrected chi connectivity index (χ1v) is 5.87. The third-order valence-electron chi connectivity index (χ3n) is 2.41. The van der Waals surface area contributed by atoms with Gasteiger partial charge in [-0.3, -0.25) is 10.1 Å². The molecule has 2 rings (SSSR count). The van der Waals surface area contributed by atoms with Crippen LogP contribution in [0.15, 0.2) is 47.6 Å². The van der Waals surface area contributed by atoms with Gasteiger partial charge in [0.15, 0.2) is 0 Å². The van der Waals surface area contributed by atoms with Crippen LogP contribution in [0.5, 0.6) is 11.5 Å². The van der Waals surface area contributed by atoms with Crippen LogP contribution in [0.4, 0.5) is 5.69 Å². The SMILES string of the molecule is O=[N+]([O-])c1cc(/C=N/O)ccc1Oc1cccc(Cl)c1. The molecule has 0 amide bonds. The number of nitrogens with zero attached hydrogens (tertiary/aromatic N) is 2.